The zero-order valence-corrected chi connectivity index (χ0v) is 11.3. The molecular formula is C14H15N3OS. The number of aliphatic hydroxyl groups is 1. The zero-order valence-electron chi connectivity index (χ0n) is 10.4. The normalized spacial score (nSPS) is 12.9. The highest BCUT2D eigenvalue weighted by molar-refractivity contribution is 7.15. The summed E-state index contributed by atoms with van der Waals surface area (Å²) >= 11 is 1.61. The van der Waals surface area contributed by atoms with Gasteiger partial charge in [0.15, 0.2) is 4.96 Å². The second-order valence-electron chi connectivity index (χ2n) is 4.54. The van der Waals surface area contributed by atoms with Crippen LogP contribution in [0.15, 0.2) is 42.2 Å². The summed E-state index contributed by atoms with van der Waals surface area (Å²) < 4.78 is 1.99. The van der Waals surface area contributed by atoms with Gasteiger partial charge in [-0.3, -0.25) is 9.38 Å². The predicted octanol–water partition coefficient (Wildman–Crippen LogP) is 2.33. The number of hydrogen-bond donors (Lipinski definition) is 1. The predicted molar refractivity (Wildman–Crippen MR) is 75.3 cm³/mol. The van der Waals surface area contributed by atoms with Gasteiger partial charge in [-0.25, -0.2) is 4.98 Å². The number of hydrogen-bond acceptors (Lipinski definition) is 4. The molecule has 3 rings (SSSR count). The lowest BCUT2D eigenvalue weighted by atomic mass is 10.1. The van der Waals surface area contributed by atoms with E-state index in [2.05, 4.69) is 9.97 Å². The minimum atomic E-state index is -0.369. The molecule has 0 saturated heterocycles. The average molecular weight is 273 g/mol. The first-order valence-electron chi connectivity index (χ1n) is 6.30. The summed E-state index contributed by atoms with van der Waals surface area (Å²) in [7, 11) is 0. The summed E-state index contributed by atoms with van der Waals surface area (Å²) in [5, 5.41) is 12.1. The molecule has 0 radical (unpaired) electrons. The van der Waals surface area contributed by atoms with Gasteiger partial charge in [-0.05, 0) is 25.0 Å². The van der Waals surface area contributed by atoms with E-state index in [1.165, 1.54) is 0 Å². The summed E-state index contributed by atoms with van der Waals surface area (Å²) in [6, 6.07) is 5.86. The highest BCUT2D eigenvalue weighted by atomic mass is 32.1. The fourth-order valence-corrected chi connectivity index (χ4v) is 2.80. The van der Waals surface area contributed by atoms with E-state index >= 15 is 0 Å². The molecule has 0 fully saturated rings. The molecule has 3 aromatic heterocycles. The van der Waals surface area contributed by atoms with E-state index in [9.17, 15) is 5.11 Å². The molecule has 0 aliphatic carbocycles. The maximum Gasteiger partial charge on any atom is 0.193 e. The van der Waals surface area contributed by atoms with Crippen molar-refractivity contribution in [1.29, 1.82) is 0 Å². The second-order valence-corrected chi connectivity index (χ2v) is 5.42. The van der Waals surface area contributed by atoms with Crippen molar-refractivity contribution in [3.63, 3.8) is 0 Å². The summed E-state index contributed by atoms with van der Waals surface area (Å²) in [6.45, 7) is 0. The number of imidazole rings is 1. The SMILES string of the molecule is OC(CCc1ccccn1)Cc1cn2ccsc2n1. The van der Waals surface area contributed by atoms with E-state index in [-0.39, 0.29) is 6.10 Å². The molecule has 1 atom stereocenters. The van der Waals surface area contributed by atoms with Gasteiger partial charge in [-0.1, -0.05) is 6.07 Å². The van der Waals surface area contributed by atoms with E-state index in [0.717, 1.165) is 22.8 Å². The van der Waals surface area contributed by atoms with Crippen molar-refractivity contribution in [2.75, 3.05) is 0 Å². The maximum absolute atomic E-state index is 10.1. The van der Waals surface area contributed by atoms with Crippen molar-refractivity contribution < 1.29 is 5.11 Å². The van der Waals surface area contributed by atoms with Crippen LogP contribution in [0.2, 0.25) is 0 Å². The second kappa shape index (κ2) is 5.50. The van der Waals surface area contributed by atoms with Gasteiger partial charge in [-0.15, -0.1) is 11.3 Å². The lowest BCUT2D eigenvalue weighted by molar-refractivity contribution is 0.164. The van der Waals surface area contributed by atoms with Crippen LogP contribution in [0.4, 0.5) is 0 Å². The van der Waals surface area contributed by atoms with E-state index < -0.39 is 0 Å². The van der Waals surface area contributed by atoms with Crippen LogP contribution in [-0.2, 0) is 12.8 Å². The van der Waals surface area contributed by atoms with Gasteiger partial charge in [0.2, 0.25) is 0 Å². The summed E-state index contributed by atoms with van der Waals surface area (Å²) in [5.41, 5.74) is 1.97. The Morgan fingerprint density at radius 1 is 1.32 bits per heavy atom. The third-order valence-corrected chi connectivity index (χ3v) is 3.82. The Morgan fingerprint density at radius 2 is 2.26 bits per heavy atom. The number of nitrogens with zero attached hydrogens (tertiary/aromatic N) is 3. The Kier molecular flexibility index (Phi) is 3.57. The van der Waals surface area contributed by atoms with E-state index in [1.807, 2.05) is 40.4 Å². The molecule has 0 amide bonds. The van der Waals surface area contributed by atoms with Crippen LogP contribution in [0.25, 0.3) is 4.96 Å². The average Bonchev–Trinajstić information content (AvgIpc) is 2.98. The van der Waals surface area contributed by atoms with Crippen LogP contribution in [0.3, 0.4) is 0 Å². The van der Waals surface area contributed by atoms with Gasteiger partial charge in [-0.2, -0.15) is 0 Å². The molecule has 0 aliphatic heterocycles. The first-order chi connectivity index (χ1) is 9.31. The highest BCUT2D eigenvalue weighted by Crippen LogP contribution is 2.14. The van der Waals surface area contributed by atoms with Gasteiger partial charge in [0.25, 0.3) is 0 Å². The third-order valence-electron chi connectivity index (χ3n) is 3.05. The monoisotopic (exact) mass is 273 g/mol. The molecule has 3 aromatic rings. The van der Waals surface area contributed by atoms with Crippen LogP contribution in [-0.4, -0.2) is 25.6 Å². The molecular weight excluding hydrogens is 258 g/mol. The van der Waals surface area contributed by atoms with Gasteiger partial charge >= 0.3 is 0 Å². The van der Waals surface area contributed by atoms with Gasteiger partial charge in [0, 0.05) is 36.1 Å². The lowest BCUT2D eigenvalue weighted by Gasteiger charge is -2.08. The van der Waals surface area contributed by atoms with Crippen LogP contribution in [0.1, 0.15) is 17.8 Å². The Morgan fingerprint density at radius 3 is 3.05 bits per heavy atom. The number of pyridine rings is 1. The van der Waals surface area contributed by atoms with Gasteiger partial charge in [0.05, 0.1) is 11.8 Å². The molecule has 19 heavy (non-hydrogen) atoms. The van der Waals surface area contributed by atoms with E-state index in [0.29, 0.717) is 12.8 Å². The molecule has 0 aromatic carbocycles. The number of aryl methyl sites for hydroxylation is 1. The van der Waals surface area contributed by atoms with Crippen molar-refractivity contribution in [1.82, 2.24) is 14.4 Å². The largest absolute Gasteiger partial charge is 0.393 e. The Hall–Kier alpha value is -1.72. The quantitative estimate of drug-likeness (QED) is 0.776. The number of fused-ring (bicyclic) bond motifs is 1. The Bertz CT molecular complexity index is 618. The Balaban J connectivity index is 1.56. The van der Waals surface area contributed by atoms with Crippen molar-refractivity contribution in [2.24, 2.45) is 0 Å². The highest BCUT2D eigenvalue weighted by Gasteiger charge is 2.10. The number of aromatic nitrogens is 3. The lowest BCUT2D eigenvalue weighted by Crippen LogP contribution is -2.12. The van der Waals surface area contributed by atoms with Crippen LogP contribution < -0.4 is 0 Å². The van der Waals surface area contributed by atoms with Crippen molar-refractivity contribution >= 4 is 16.3 Å². The third kappa shape index (κ3) is 3.00. The summed E-state index contributed by atoms with van der Waals surface area (Å²) in [4.78, 5) is 9.71. The fraction of sp³-hybridized carbons (Fsp3) is 0.286. The summed E-state index contributed by atoms with van der Waals surface area (Å²) in [5.74, 6) is 0. The molecule has 3 heterocycles. The molecule has 98 valence electrons. The molecule has 0 aliphatic rings. The standard InChI is InChI=1S/C14H15N3OS/c18-13(5-4-11-3-1-2-6-15-11)9-12-10-17-7-8-19-14(17)16-12/h1-3,6-8,10,13,18H,4-5,9H2. The molecule has 0 saturated carbocycles. The van der Waals surface area contributed by atoms with Gasteiger partial charge < -0.3 is 5.11 Å². The first kappa shape index (κ1) is 12.3. The Labute approximate surface area is 115 Å². The molecule has 0 bridgehead atoms. The van der Waals surface area contributed by atoms with Crippen molar-refractivity contribution in [3.8, 4) is 0 Å². The van der Waals surface area contributed by atoms with Crippen molar-refractivity contribution in [3.05, 3.63) is 53.6 Å². The molecule has 5 heteroatoms. The smallest absolute Gasteiger partial charge is 0.193 e. The number of thiazole rings is 1. The van der Waals surface area contributed by atoms with Crippen LogP contribution in [0, 0.1) is 0 Å². The fourth-order valence-electron chi connectivity index (χ4n) is 2.08. The topological polar surface area (TPSA) is 50.4 Å². The molecule has 1 unspecified atom stereocenters. The van der Waals surface area contributed by atoms with Crippen LogP contribution in [0.5, 0.6) is 0 Å². The molecule has 1 N–H and O–H groups in total. The molecule has 4 nitrogen and oxygen atoms in total. The van der Waals surface area contributed by atoms with E-state index in [1.54, 1.807) is 17.5 Å². The maximum atomic E-state index is 10.1. The van der Waals surface area contributed by atoms with Crippen LogP contribution >= 0.6 is 11.3 Å². The number of rotatable bonds is 5. The van der Waals surface area contributed by atoms with E-state index in [4.69, 9.17) is 0 Å². The minimum Gasteiger partial charge on any atom is -0.393 e. The summed E-state index contributed by atoms with van der Waals surface area (Å²) in [6.07, 6.45) is 7.48. The molecule has 0 spiro atoms. The van der Waals surface area contributed by atoms with Crippen molar-refractivity contribution in [2.45, 2.75) is 25.4 Å². The van der Waals surface area contributed by atoms with Gasteiger partial charge in [0.1, 0.15) is 0 Å². The number of aliphatic hydroxyl groups excluding tert-OH is 1. The zero-order chi connectivity index (χ0) is 13.1. The minimum absolute atomic E-state index is 0.369. The first-order valence-corrected chi connectivity index (χ1v) is 7.18.